The third-order valence-corrected chi connectivity index (χ3v) is 11.7. The Morgan fingerprint density at radius 1 is 0.271 bits per heavy atom. The van der Waals surface area contributed by atoms with E-state index >= 15 is 0 Å². The predicted octanol–water partition coefficient (Wildman–Crippen LogP) is 14.7. The number of hydrogen-bond donors (Lipinski definition) is 0. The van der Waals surface area contributed by atoms with E-state index in [-0.39, 0.29) is 0 Å². The number of nitrogens with zero attached hydrogens (tertiary/aromatic N) is 3. The lowest BCUT2D eigenvalue weighted by atomic mass is 9.96. The Kier molecular flexibility index (Phi) is 7.50. The van der Waals surface area contributed by atoms with Crippen LogP contribution in [-0.2, 0) is 0 Å². The minimum Gasteiger partial charge on any atom is -0.456 e. The standard InChI is InChI=1S/C55H33N3O/c1-2-10-34(11-3-1)36-18-21-38(22-19-36)53-56-54(42-26-27-45-41(31-42)25-29-46-44-15-7-6-13-37(44)24-28-47(45)46)58-55(57-53)49-32-43(40-23-20-35-12-4-5-14-39(35)30-40)33-51-52(49)48-16-8-9-17-50(48)59-51/h1-33H. The van der Waals surface area contributed by atoms with Gasteiger partial charge < -0.3 is 4.42 Å². The first-order valence-electron chi connectivity index (χ1n) is 19.9. The molecule has 0 saturated carbocycles. The van der Waals surface area contributed by atoms with Crippen LogP contribution in [0, 0.1) is 0 Å². The number of rotatable bonds is 5. The highest BCUT2D eigenvalue weighted by atomic mass is 16.3. The van der Waals surface area contributed by atoms with Crippen molar-refractivity contribution >= 4 is 65.0 Å². The summed E-state index contributed by atoms with van der Waals surface area (Å²) in [6.07, 6.45) is 0. The maximum Gasteiger partial charge on any atom is 0.164 e. The van der Waals surface area contributed by atoms with Crippen molar-refractivity contribution in [3.63, 3.8) is 0 Å². The number of aromatic nitrogens is 3. The highest BCUT2D eigenvalue weighted by molar-refractivity contribution is 6.18. The van der Waals surface area contributed by atoms with E-state index in [4.69, 9.17) is 19.4 Å². The molecular weight excluding hydrogens is 719 g/mol. The first-order chi connectivity index (χ1) is 29.2. The van der Waals surface area contributed by atoms with Gasteiger partial charge in [0.25, 0.3) is 0 Å². The van der Waals surface area contributed by atoms with E-state index in [0.717, 1.165) is 66.3 Å². The Morgan fingerprint density at radius 3 is 1.64 bits per heavy atom. The molecule has 0 radical (unpaired) electrons. The molecule has 0 unspecified atom stereocenters. The van der Waals surface area contributed by atoms with E-state index in [1.54, 1.807) is 0 Å². The molecule has 0 N–H and O–H groups in total. The highest BCUT2D eigenvalue weighted by Crippen LogP contribution is 2.41. The van der Waals surface area contributed by atoms with Crippen LogP contribution >= 0.6 is 0 Å². The van der Waals surface area contributed by atoms with Crippen molar-refractivity contribution in [2.75, 3.05) is 0 Å². The largest absolute Gasteiger partial charge is 0.456 e. The molecule has 0 amide bonds. The number of fused-ring (bicyclic) bond motifs is 9. The molecule has 4 heteroatoms. The van der Waals surface area contributed by atoms with E-state index in [2.05, 4.69) is 182 Å². The van der Waals surface area contributed by atoms with Crippen LogP contribution < -0.4 is 0 Å². The quantitative estimate of drug-likeness (QED) is 0.164. The van der Waals surface area contributed by atoms with E-state index in [1.807, 2.05) is 18.2 Å². The van der Waals surface area contributed by atoms with E-state index in [1.165, 1.54) is 37.7 Å². The number of benzene rings is 10. The molecule has 0 bridgehead atoms. The van der Waals surface area contributed by atoms with Gasteiger partial charge in [0.2, 0.25) is 0 Å². The summed E-state index contributed by atoms with van der Waals surface area (Å²) in [6, 6.07) is 70.6. The lowest BCUT2D eigenvalue weighted by Crippen LogP contribution is -2.01. The van der Waals surface area contributed by atoms with Gasteiger partial charge in [0.15, 0.2) is 17.5 Å². The molecule has 12 rings (SSSR count). The lowest BCUT2D eigenvalue weighted by Gasteiger charge is -2.13. The normalized spacial score (nSPS) is 11.7. The molecular formula is C55H33N3O. The van der Waals surface area contributed by atoms with Crippen LogP contribution in [0.15, 0.2) is 205 Å². The van der Waals surface area contributed by atoms with Gasteiger partial charge in [0.05, 0.1) is 0 Å². The molecule has 12 aromatic rings. The maximum atomic E-state index is 6.59. The zero-order valence-electron chi connectivity index (χ0n) is 31.8. The molecule has 10 aromatic carbocycles. The third-order valence-electron chi connectivity index (χ3n) is 11.7. The highest BCUT2D eigenvalue weighted by Gasteiger charge is 2.20. The van der Waals surface area contributed by atoms with E-state index in [9.17, 15) is 0 Å². The second-order valence-corrected chi connectivity index (χ2v) is 15.2. The topological polar surface area (TPSA) is 51.8 Å². The Bertz CT molecular complexity index is 3610. The molecule has 4 nitrogen and oxygen atoms in total. The van der Waals surface area contributed by atoms with Crippen molar-refractivity contribution in [1.29, 1.82) is 0 Å². The Balaban J connectivity index is 1.08. The van der Waals surface area contributed by atoms with Gasteiger partial charge in [-0.1, -0.05) is 170 Å². The van der Waals surface area contributed by atoms with Gasteiger partial charge in [-0.3, -0.25) is 0 Å². The summed E-state index contributed by atoms with van der Waals surface area (Å²) < 4.78 is 6.59. The summed E-state index contributed by atoms with van der Waals surface area (Å²) in [4.78, 5) is 15.8. The maximum absolute atomic E-state index is 6.59. The van der Waals surface area contributed by atoms with Crippen LogP contribution in [0.5, 0.6) is 0 Å². The second kappa shape index (κ2) is 13.3. The number of hydrogen-bond acceptors (Lipinski definition) is 4. The second-order valence-electron chi connectivity index (χ2n) is 15.2. The minimum atomic E-state index is 0.585. The molecule has 2 heterocycles. The molecule has 0 saturated heterocycles. The fraction of sp³-hybridized carbons (Fsp3) is 0. The van der Waals surface area contributed by atoms with Gasteiger partial charge in [0, 0.05) is 27.5 Å². The van der Waals surface area contributed by atoms with Gasteiger partial charge in [-0.2, -0.15) is 0 Å². The summed E-state index contributed by atoms with van der Waals surface area (Å²) in [7, 11) is 0. The van der Waals surface area contributed by atoms with Crippen molar-refractivity contribution < 1.29 is 4.42 Å². The molecule has 274 valence electrons. The zero-order chi connectivity index (χ0) is 38.9. The Hall–Kier alpha value is -7.95. The molecule has 59 heavy (non-hydrogen) atoms. The van der Waals surface area contributed by atoms with Crippen LogP contribution in [0.1, 0.15) is 0 Å². The van der Waals surface area contributed by atoms with Gasteiger partial charge in [-0.05, 0) is 95.7 Å². The minimum absolute atomic E-state index is 0.585. The average Bonchev–Trinajstić information content (AvgIpc) is 3.69. The summed E-state index contributed by atoms with van der Waals surface area (Å²) in [5.41, 5.74) is 8.73. The fourth-order valence-corrected chi connectivity index (χ4v) is 8.73. The van der Waals surface area contributed by atoms with E-state index < -0.39 is 0 Å². The molecule has 0 aliphatic heterocycles. The number of para-hydroxylation sites is 1. The van der Waals surface area contributed by atoms with Gasteiger partial charge >= 0.3 is 0 Å². The predicted molar refractivity (Wildman–Crippen MR) is 244 cm³/mol. The van der Waals surface area contributed by atoms with Crippen molar-refractivity contribution in [3.05, 3.63) is 200 Å². The SMILES string of the molecule is c1ccc(-c2ccc(-c3nc(-c4ccc5c(ccc6c7ccccc7ccc56)c4)nc(-c4cc(-c5ccc6ccccc6c5)cc5oc6ccccc6c45)n3)cc2)cc1. The fourth-order valence-electron chi connectivity index (χ4n) is 8.73. The van der Waals surface area contributed by atoms with Crippen molar-refractivity contribution in [1.82, 2.24) is 15.0 Å². The van der Waals surface area contributed by atoms with Crippen LogP contribution in [0.25, 0.3) is 121 Å². The molecule has 0 spiro atoms. The summed E-state index contributed by atoms with van der Waals surface area (Å²) in [6.45, 7) is 0. The summed E-state index contributed by atoms with van der Waals surface area (Å²) in [5.74, 6) is 1.79. The monoisotopic (exact) mass is 751 g/mol. The van der Waals surface area contributed by atoms with Crippen LogP contribution in [0.3, 0.4) is 0 Å². The average molecular weight is 752 g/mol. The van der Waals surface area contributed by atoms with Crippen LogP contribution in [0.2, 0.25) is 0 Å². The Labute approximate surface area is 339 Å². The van der Waals surface area contributed by atoms with Crippen molar-refractivity contribution in [2.45, 2.75) is 0 Å². The molecule has 0 atom stereocenters. The van der Waals surface area contributed by atoms with Gasteiger partial charge in [-0.15, -0.1) is 0 Å². The zero-order valence-corrected chi connectivity index (χ0v) is 31.8. The number of furan rings is 1. The lowest BCUT2D eigenvalue weighted by molar-refractivity contribution is 0.669. The van der Waals surface area contributed by atoms with Crippen LogP contribution in [0.4, 0.5) is 0 Å². The Morgan fingerprint density at radius 2 is 0.814 bits per heavy atom. The van der Waals surface area contributed by atoms with E-state index in [0.29, 0.717) is 17.5 Å². The van der Waals surface area contributed by atoms with Crippen molar-refractivity contribution in [2.24, 2.45) is 0 Å². The summed E-state index contributed by atoms with van der Waals surface area (Å²) >= 11 is 0. The van der Waals surface area contributed by atoms with Gasteiger partial charge in [0.1, 0.15) is 11.2 Å². The van der Waals surface area contributed by atoms with Crippen LogP contribution in [-0.4, -0.2) is 15.0 Å². The molecule has 0 fully saturated rings. The third kappa shape index (κ3) is 5.65. The van der Waals surface area contributed by atoms with Crippen molar-refractivity contribution in [3.8, 4) is 56.4 Å². The molecule has 0 aliphatic rings. The molecule has 0 aliphatic carbocycles. The summed E-state index contributed by atoms with van der Waals surface area (Å²) in [5, 5.41) is 11.7. The first-order valence-corrected chi connectivity index (χ1v) is 19.9. The first kappa shape index (κ1) is 33.2. The molecule has 2 aromatic heterocycles. The van der Waals surface area contributed by atoms with Gasteiger partial charge in [-0.25, -0.2) is 15.0 Å². The smallest absolute Gasteiger partial charge is 0.164 e.